The summed E-state index contributed by atoms with van der Waals surface area (Å²) in [5, 5.41) is 26.8. The van der Waals surface area contributed by atoms with Gasteiger partial charge in [-0.1, -0.05) is 66.2 Å². The lowest BCUT2D eigenvalue weighted by Crippen LogP contribution is -2.53. The number of nitrogens with zero attached hydrogens (tertiary/aromatic N) is 2. The maximum absolute atomic E-state index is 13.5. The van der Waals surface area contributed by atoms with E-state index >= 15 is 0 Å². The highest BCUT2D eigenvalue weighted by Crippen LogP contribution is 2.37. The lowest BCUT2D eigenvalue weighted by molar-refractivity contribution is -0.155. The number of aliphatic hydroxyl groups excluding tert-OH is 2. The van der Waals surface area contributed by atoms with E-state index in [1.807, 2.05) is 84.0 Å². The zero-order valence-electron chi connectivity index (χ0n) is 21.5. The maximum Gasteiger partial charge on any atom is 0.255 e. The predicted molar refractivity (Wildman–Crippen MR) is 150 cm³/mol. The number of rotatable bonds is 7. The van der Waals surface area contributed by atoms with Crippen LogP contribution in [0.1, 0.15) is 41.3 Å². The zero-order chi connectivity index (χ0) is 27.5. The SMILES string of the molecule is C[C@@H](NC(=O)[C@H](O)[C@@H](O)C(=O)N1CCc2cc(Cl)ccc2C1c1ccccc1)c1ccc(N2C=CCN2)cc1. The van der Waals surface area contributed by atoms with Crippen LogP contribution in [0.25, 0.3) is 0 Å². The van der Waals surface area contributed by atoms with Crippen molar-refractivity contribution in [1.29, 1.82) is 0 Å². The van der Waals surface area contributed by atoms with E-state index in [-0.39, 0.29) is 0 Å². The number of halogens is 1. The molecule has 2 aliphatic heterocycles. The zero-order valence-corrected chi connectivity index (χ0v) is 22.3. The smallest absolute Gasteiger partial charge is 0.255 e. The highest BCUT2D eigenvalue weighted by molar-refractivity contribution is 6.30. The summed E-state index contributed by atoms with van der Waals surface area (Å²) in [7, 11) is 0. The lowest BCUT2D eigenvalue weighted by Gasteiger charge is -2.39. The predicted octanol–water partition coefficient (Wildman–Crippen LogP) is 3.25. The van der Waals surface area contributed by atoms with Crippen molar-refractivity contribution < 1.29 is 19.8 Å². The minimum atomic E-state index is -1.93. The van der Waals surface area contributed by atoms with Crippen LogP contribution in [0.3, 0.4) is 0 Å². The Morgan fingerprint density at radius 1 is 1.03 bits per heavy atom. The van der Waals surface area contributed by atoms with Crippen molar-refractivity contribution in [3.8, 4) is 0 Å². The number of anilines is 1. The standard InChI is InChI=1S/C30H31ClN4O4/c1-19(20-8-11-24(12-9-20)35-16-5-15-32-35)33-29(38)27(36)28(37)30(39)34-17-14-22-18-23(31)10-13-25(22)26(34)21-6-3-2-4-7-21/h2-13,16,18-19,26-28,32,36-37H,14-15,17H2,1H3,(H,33,38)/t19-,26?,27-,28-/m1/s1. The Bertz CT molecular complexity index is 1370. The van der Waals surface area contributed by atoms with Crippen LogP contribution in [0.4, 0.5) is 5.69 Å². The Kier molecular flexibility index (Phi) is 7.99. The van der Waals surface area contributed by atoms with E-state index in [0.29, 0.717) is 18.0 Å². The number of benzene rings is 3. The number of hydrogen-bond donors (Lipinski definition) is 4. The van der Waals surface area contributed by atoms with Crippen LogP contribution in [-0.4, -0.2) is 52.2 Å². The number of aliphatic hydroxyl groups is 2. The van der Waals surface area contributed by atoms with Gasteiger partial charge in [0.1, 0.15) is 0 Å². The summed E-state index contributed by atoms with van der Waals surface area (Å²) in [5.41, 5.74) is 7.73. The van der Waals surface area contributed by atoms with Crippen molar-refractivity contribution in [1.82, 2.24) is 15.6 Å². The number of carbonyl (C=O) groups excluding carboxylic acids is 2. The van der Waals surface area contributed by atoms with Gasteiger partial charge in [-0.05, 0) is 59.9 Å². The van der Waals surface area contributed by atoms with Gasteiger partial charge in [0.15, 0.2) is 12.2 Å². The van der Waals surface area contributed by atoms with Crippen LogP contribution < -0.4 is 15.8 Å². The molecule has 0 aromatic heterocycles. The Balaban J connectivity index is 1.29. The molecule has 0 bridgehead atoms. The van der Waals surface area contributed by atoms with E-state index in [1.165, 1.54) is 4.90 Å². The minimum absolute atomic E-state index is 0.306. The third-order valence-corrected chi connectivity index (χ3v) is 7.45. The molecule has 2 aliphatic rings. The average molecular weight is 547 g/mol. The van der Waals surface area contributed by atoms with Gasteiger partial charge in [0, 0.05) is 24.3 Å². The van der Waals surface area contributed by atoms with Crippen LogP contribution in [0.15, 0.2) is 85.1 Å². The minimum Gasteiger partial charge on any atom is -0.380 e. The second-order valence-electron chi connectivity index (χ2n) is 9.77. The molecule has 9 heteroatoms. The molecular weight excluding hydrogens is 516 g/mol. The largest absolute Gasteiger partial charge is 0.380 e. The first-order valence-corrected chi connectivity index (χ1v) is 13.3. The average Bonchev–Trinajstić information content (AvgIpc) is 3.51. The summed E-state index contributed by atoms with van der Waals surface area (Å²) >= 11 is 6.21. The Morgan fingerprint density at radius 2 is 1.77 bits per heavy atom. The van der Waals surface area contributed by atoms with E-state index in [4.69, 9.17) is 11.6 Å². The van der Waals surface area contributed by atoms with Crippen LogP contribution in [0.5, 0.6) is 0 Å². The van der Waals surface area contributed by atoms with E-state index in [9.17, 15) is 19.8 Å². The topological polar surface area (TPSA) is 105 Å². The molecular formula is C30H31ClN4O4. The molecule has 0 radical (unpaired) electrons. The highest BCUT2D eigenvalue weighted by atomic mass is 35.5. The van der Waals surface area contributed by atoms with Gasteiger partial charge in [-0.15, -0.1) is 0 Å². The summed E-state index contributed by atoms with van der Waals surface area (Å²) in [6, 6.07) is 21.7. The quantitative estimate of drug-likeness (QED) is 0.363. The van der Waals surface area contributed by atoms with Gasteiger partial charge in [-0.2, -0.15) is 0 Å². The van der Waals surface area contributed by atoms with Gasteiger partial charge in [0.05, 0.1) is 17.8 Å². The highest BCUT2D eigenvalue weighted by Gasteiger charge is 2.39. The summed E-state index contributed by atoms with van der Waals surface area (Å²) in [5.74, 6) is -1.53. The van der Waals surface area contributed by atoms with Crippen molar-refractivity contribution >= 4 is 29.1 Å². The van der Waals surface area contributed by atoms with Crippen molar-refractivity contribution in [2.75, 3.05) is 18.1 Å². The number of nitrogens with one attached hydrogen (secondary N) is 2. The first-order valence-electron chi connectivity index (χ1n) is 12.9. The number of hydrazine groups is 1. The van der Waals surface area contributed by atoms with Crippen molar-refractivity contribution in [3.05, 3.63) is 112 Å². The molecule has 2 amide bonds. The number of carbonyl (C=O) groups is 2. The summed E-state index contributed by atoms with van der Waals surface area (Å²) in [6.45, 7) is 2.85. The Hall–Kier alpha value is -3.69. The summed E-state index contributed by atoms with van der Waals surface area (Å²) in [6.07, 6.45) is 0.627. The lowest BCUT2D eigenvalue weighted by atomic mass is 9.87. The fraction of sp³-hybridized carbons (Fsp3) is 0.267. The molecule has 0 aliphatic carbocycles. The molecule has 0 saturated heterocycles. The van der Waals surface area contributed by atoms with E-state index in [1.54, 1.807) is 13.0 Å². The molecule has 4 atom stereocenters. The van der Waals surface area contributed by atoms with Crippen LogP contribution >= 0.6 is 11.6 Å². The van der Waals surface area contributed by atoms with Gasteiger partial charge in [0.25, 0.3) is 11.8 Å². The summed E-state index contributed by atoms with van der Waals surface area (Å²) in [4.78, 5) is 27.9. The second-order valence-corrected chi connectivity index (χ2v) is 10.2. The van der Waals surface area contributed by atoms with Crippen LogP contribution in [0.2, 0.25) is 5.02 Å². The first kappa shape index (κ1) is 26.9. The van der Waals surface area contributed by atoms with E-state index in [2.05, 4.69) is 10.7 Å². The summed E-state index contributed by atoms with van der Waals surface area (Å²) < 4.78 is 0. The molecule has 0 spiro atoms. The van der Waals surface area contributed by atoms with Crippen LogP contribution in [0, 0.1) is 0 Å². The molecule has 1 unspecified atom stereocenters. The molecule has 8 nitrogen and oxygen atoms in total. The molecule has 39 heavy (non-hydrogen) atoms. The molecule has 202 valence electrons. The molecule has 5 rings (SSSR count). The molecule has 3 aromatic rings. The number of fused-ring (bicyclic) bond motifs is 1. The molecule has 2 heterocycles. The van der Waals surface area contributed by atoms with Gasteiger partial charge >= 0.3 is 0 Å². The third kappa shape index (κ3) is 5.69. The molecule has 0 fully saturated rings. The van der Waals surface area contributed by atoms with Gasteiger partial charge in [-0.3, -0.25) is 14.6 Å². The Morgan fingerprint density at radius 3 is 2.46 bits per heavy atom. The van der Waals surface area contributed by atoms with Gasteiger partial charge in [-0.25, -0.2) is 5.43 Å². The molecule has 0 saturated carbocycles. The van der Waals surface area contributed by atoms with Crippen molar-refractivity contribution in [2.24, 2.45) is 0 Å². The maximum atomic E-state index is 13.5. The Labute approximate surface area is 232 Å². The molecule has 4 N–H and O–H groups in total. The third-order valence-electron chi connectivity index (χ3n) is 7.22. The number of hydrogen-bond acceptors (Lipinski definition) is 6. The van der Waals surface area contributed by atoms with Crippen LogP contribution in [-0.2, 0) is 16.0 Å². The van der Waals surface area contributed by atoms with E-state index in [0.717, 1.165) is 34.5 Å². The normalized spacial score (nSPS) is 18.8. The van der Waals surface area contributed by atoms with Gasteiger partial charge in [0.2, 0.25) is 0 Å². The van der Waals surface area contributed by atoms with Crippen molar-refractivity contribution in [3.63, 3.8) is 0 Å². The fourth-order valence-corrected chi connectivity index (χ4v) is 5.32. The fourth-order valence-electron chi connectivity index (χ4n) is 5.12. The second kappa shape index (κ2) is 11.6. The van der Waals surface area contributed by atoms with Crippen molar-refractivity contribution in [2.45, 2.75) is 37.6 Å². The first-order chi connectivity index (χ1) is 18.8. The van der Waals surface area contributed by atoms with E-state index < -0.39 is 36.1 Å². The number of amides is 2. The monoisotopic (exact) mass is 546 g/mol. The molecule has 3 aromatic carbocycles. The van der Waals surface area contributed by atoms with Gasteiger partial charge < -0.3 is 20.4 Å².